The number of ether oxygens (including phenoxy) is 1. The van der Waals surface area contributed by atoms with Crippen molar-refractivity contribution >= 4 is 0 Å². The molecule has 1 unspecified atom stereocenters. The van der Waals surface area contributed by atoms with Gasteiger partial charge in [-0.3, -0.25) is 0 Å². The quantitative estimate of drug-likeness (QED) is 0.737. The maximum Gasteiger partial charge on any atom is 0.119 e. The normalized spacial score (nSPS) is 11.8. The first-order valence-corrected chi connectivity index (χ1v) is 4.72. The van der Waals surface area contributed by atoms with Crippen LogP contribution in [-0.2, 0) is 0 Å². The Kier molecular flexibility index (Phi) is 4.61. The molecule has 4 nitrogen and oxygen atoms in total. The highest BCUT2D eigenvalue weighted by Gasteiger charge is 2.03. The van der Waals surface area contributed by atoms with Gasteiger partial charge in [0.05, 0.1) is 11.6 Å². The van der Waals surface area contributed by atoms with Gasteiger partial charge in [0.1, 0.15) is 18.5 Å². The van der Waals surface area contributed by atoms with Gasteiger partial charge in [-0.25, -0.2) is 0 Å². The third-order valence-corrected chi connectivity index (χ3v) is 1.87. The first-order valence-electron chi connectivity index (χ1n) is 4.72. The summed E-state index contributed by atoms with van der Waals surface area (Å²) in [6, 6.07) is 8.81. The van der Waals surface area contributed by atoms with Crippen LogP contribution in [0.5, 0.6) is 5.75 Å². The lowest BCUT2D eigenvalue weighted by Crippen LogP contribution is -2.29. The SMILES string of the molecule is CNCC(O)COc1ccc(C#N)cc1. The van der Waals surface area contributed by atoms with Crippen molar-refractivity contribution < 1.29 is 9.84 Å². The van der Waals surface area contributed by atoms with Crippen molar-refractivity contribution in [3.05, 3.63) is 29.8 Å². The van der Waals surface area contributed by atoms with E-state index in [9.17, 15) is 5.11 Å². The number of nitrogens with one attached hydrogen (secondary N) is 1. The van der Waals surface area contributed by atoms with Crippen LogP contribution in [0.15, 0.2) is 24.3 Å². The van der Waals surface area contributed by atoms with Crippen LogP contribution in [0, 0.1) is 11.3 Å². The fraction of sp³-hybridized carbons (Fsp3) is 0.364. The molecule has 15 heavy (non-hydrogen) atoms. The molecule has 0 spiro atoms. The van der Waals surface area contributed by atoms with E-state index in [1.54, 1.807) is 31.3 Å². The Morgan fingerprint density at radius 3 is 2.67 bits per heavy atom. The molecule has 4 heteroatoms. The number of rotatable bonds is 5. The van der Waals surface area contributed by atoms with Crippen LogP contribution in [0.4, 0.5) is 0 Å². The lowest BCUT2D eigenvalue weighted by atomic mass is 10.2. The Balaban J connectivity index is 2.41. The molecule has 2 N–H and O–H groups in total. The van der Waals surface area contributed by atoms with Crippen molar-refractivity contribution in [2.24, 2.45) is 0 Å². The lowest BCUT2D eigenvalue weighted by molar-refractivity contribution is 0.108. The molecule has 0 aliphatic heterocycles. The van der Waals surface area contributed by atoms with Crippen LogP contribution in [0.3, 0.4) is 0 Å². The molecule has 0 bridgehead atoms. The van der Waals surface area contributed by atoms with E-state index in [1.807, 2.05) is 6.07 Å². The summed E-state index contributed by atoms with van der Waals surface area (Å²) in [5, 5.41) is 20.8. The number of likely N-dealkylation sites (N-methyl/N-ethyl adjacent to an activating group) is 1. The topological polar surface area (TPSA) is 65.3 Å². The summed E-state index contributed by atoms with van der Waals surface area (Å²) in [6.07, 6.45) is -0.523. The summed E-state index contributed by atoms with van der Waals surface area (Å²) in [6.45, 7) is 0.739. The highest BCUT2D eigenvalue weighted by molar-refractivity contribution is 5.34. The van der Waals surface area contributed by atoms with Crippen molar-refractivity contribution in [2.75, 3.05) is 20.2 Å². The molecule has 0 aliphatic rings. The summed E-state index contributed by atoms with van der Waals surface area (Å²) in [7, 11) is 1.77. The Labute approximate surface area is 89.1 Å². The summed E-state index contributed by atoms with van der Waals surface area (Å²) in [5.74, 6) is 0.657. The predicted molar refractivity (Wildman–Crippen MR) is 56.6 cm³/mol. The fourth-order valence-electron chi connectivity index (χ4n) is 1.11. The molecule has 0 fully saturated rings. The van der Waals surface area contributed by atoms with Gasteiger partial charge in [0.2, 0.25) is 0 Å². The molecule has 0 heterocycles. The zero-order chi connectivity index (χ0) is 11.1. The van der Waals surface area contributed by atoms with Gasteiger partial charge < -0.3 is 15.2 Å². The Hall–Kier alpha value is -1.57. The van der Waals surface area contributed by atoms with Crippen LogP contribution in [0.2, 0.25) is 0 Å². The number of hydrogen-bond acceptors (Lipinski definition) is 4. The van der Waals surface area contributed by atoms with Crippen LogP contribution in [0.25, 0.3) is 0 Å². The minimum atomic E-state index is -0.523. The fourth-order valence-corrected chi connectivity index (χ4v) is 1.11. The second-order valence-electron chi connectivity index (χ2n) is 3.16. The van der Waals surface area contributed by atoms with Gasteiger partial charge in [0.25, 0.3) is 0 Å². The van der Waals surface area contributed by atoms with Crippen LogP contribution < -0.4 is 10.1 Å². The third-order valence-electron chi connectivity index (χ3n) is 1.87. The number of nitrogens with zero attached hydrogens (tertiary/aromatic N) is 1. The molecule has 0 aliphatic carbocycles. The molecule has 1 aromatic carbocycles. The maximum atomic E-state index is 9.37. The molecular weight excluding hydrogens is 192 g/mol. The molecule has 0 saturated carbocycles. The van der Waals surface area contributed by atoms with Gasteiger partial charge in [-0.2, -0.15) is 5.26 Å². The van der Waals surface area contributed by atoms with Gasteiger partial charge in [0.15, 0.2) is 0 Å². The van der Waals surface area contributed by atoms with E-state index >= 15 is 0 Å². The zero-order valence-corrected chi connectivity index (χ0v) is 8.60. The maximum absolute atomic E-state index is 9.37. The number of nitriles is 1. The third kappa shape index (κ3) is 3.98. The van der Waals surface area contributed by atoms with Crippen molar-refractivity contribution in [3.63, 3.8) is 0 Å². The van der Waals surface area contributed by atoms with Crippen molar-refractivity contribution in [3.8, 4) is 11.8 Å². The van der Waals surface area contributed by atoms with Gasteiger partial charge >= 0.3 is 0 Å². The highest BCUT2D eigenvalue weighted by Crippen LogP contribution is 2.11. The van der Waals surface area contributed by atoms with Gasteiger partial charge in [-0.1, -0.05) is 0 Å². The second kappa shape index (κ2) is 6.02. The average Bonchev–Trinajstić information content (AvgIpc) is 2.27. The number of aliphatic hydroxyl groups is 1. The number of aliphatic hydroxyl groups excluding tert-OH is 1. The first kappa shape index (κ1) is 11.5. The van der Waals surface area contributed by atoms with Gasteiger partial charge in [0, 0.05) is 6.54 Å². The van der Waals surface area contributed by atoms with Gasteiger partial charge in [-0.15, -0.1) is 0 Å². The van der Waals surface area contributed by atoms with Crippen molar-refractivity contribution in [1.29, 1.82) is 5.26 Å². The van der Waals surface area contributed by atoms with Crippen LogP contribution in [0.1, 0.15) is 5.56 Å². The van der Waals surface area contributed by atoms with Crippen molar-refractivity contribution in [2.45, 2.75) is 6.10 Å². The molecule has 1 atom stereocenters. The zero-order valence-electron chi connectivity index (χ0n) is 8.60. The lowest BCUT2D eigenvalue weighted by Gasteiger charge is -2.11. The van der Waals surface area contributed by atoms with E-state index in [2.05, 4.69) is 5.32 Å². The molecule has 0 saturated heterocycles. The van der Waals surface area contributed by atoms with E-state index in [0.717, 1.165) is 0 Å². The smallest absolute Gasteiger partial charge is 0.119 e. The molecule has 0 amide bonds. The molecule has 0 radical (unpaired) electrons. The summed E-state index contributed by atoms with van der Waals surface area (Å²) in [5.41, 5.74) is 0.595. The van der Waals surface area contributed by atoms with E-state index in [1.165, 1.54) is 0 Å². The molecular formula is C11H14N2O2. The highest BCUT2D eigenvalue weighted by atomic mass is 16.5. The average molecular weight is 206 g/mol. The minimum absolute atomic E-state index is 0.243. The minimum Gasteiger partial charge on any atom is -0.491 e. The Morgan fingerprint density at radius 2 is 2.13 bits per heavy atom. The molecule has 80 valence electrons. The number of hydrogen-bond donors (Lipinski definition) is 2. The van der Waals surface area contributed by atoms with E-state index in [0.29, 0.717) is 17.9 Å². The molecule has 0 aromatic heterocycles. The predicted octanol–water partition coefficient (Wildman–Crippen LogP) is 0.517. The van der Waals surface area contributed by atoms with Crippen LogP contribution in [-0.4, -0.2) is 31.4 Å². The van der Waals surface area contributed by atoms with E-state index < -0.39 is 6.10 Å². The van der Waals surface area contributed by atoms with Crippen molar-refractivity contribution in [1.82, 2.24) is 5.32 Å². The van der Waals surface area contributed by atoms with Crippen LogP contribution >= 0.6 is 0 Å². The summed E-state index contributed by atoms with van der Waals surface area (Å²) in [4.78, 5) is 0. The monoisotopic (exact) mass is 206 g/mol. The van der Waals surface area contributed by atoms with E-state index in [-0.39, 0.29) is 6.61 Å². The second-order valence-corrected chi connectivity index (χ2v) is 3.16. The molecule has 1 rings (SSSR count). The first-order chi connectivity index (χ1) is 7.26. The van der Waals surface area contributed by atoms with Gasteiger partial charge in [-0.05, 0) is 31.3 Å². The van der Waals surface area contributed by atoms with E-state index in [4.69, 9.17) is 10.00 Å². The standard InChI is InChI=1S/C11H14N2O2/c1-13-7-10(14)8-15-11-4-2-9(6-12)3-5-11/h2-5,10,13-14H,7-8H2,1H3. The Bertz CT molecular complexity index is 329. The largest absolute Gasteiger partial charge is 0.491 e. The summed E-state index contributed by atoms with van der Waals surface area (Å²) < 4.78 is 5.32. The molecule has 1 aromatic rings. The Morgan fingerprint density at radius 1 is 1.47 bits per heavy atom. The summed E-state index contributed by atoms with van der Waals surface area (Å²) >= 11 is 0. The number of benzene rings is 1.